The van der Waals surface area contributed by atoms with E-state index in [4.69, 9.17) is 23.7 Å². The number of benzene rings is 2. The van der Waals surface area contributed by atoms with Crippen molar-refractivity contribution >= 4 is 17.7 Å². The van der Waals surface area contributed by atoms with Gasteiger partial charge >= 0.3 is 0 Å². The minimum atomic E-state index is -0.187. The van der Waals surface area contributed by atoms with E-state index >= 15 is 0 Å². The lowest BCUT2D eigenvalue weighted by atomic mass is 10.1. The van der Waals surface area contributed by atoms with Gasteiger partial charge in [-0.2, -0.15) is 0 Å². The van der Waals surface area contributed by atoms with Crippen molar-refractivity contribution in [3.05, 3.63) is 41.5 Å². The first-order valence-corrected chi connectivity index (χ1v) is 9.79. The van der Waals surface area contributed by atoms with E-state index < -0.39 is 0 Å². The summed E-state index contributed by atoms with van der Waals surface area (Å²) >= 11 is 1.56. The maximum Gasteiger partial charge on any atom is 0.234 e. The molecule has 8 heteroatoms. The van der Waals surface area contributed by atoms with Gasteiger partial charge in [-0.15, -0.1) is 11.8 Å². The lowest BCUT2D eigenvalue weighted by Crippen LogP contribution is -2.28. The van der Waals surface area contributed by atoms with E-state index in [2.05, 4.69) is 0 Å². The summed E-state index contributed by atoms with van der Waals surface area (Å²) in [4.78, 5) is 14.5. The molecule has 1 amide bonds. The summed E-state index contributed by atoms with van der Waals surface area (Å²) in [6.07, 6.45) is 0. The summed E-state index contributed by atoms with van der Waals surface area (Å²) in [5.41, 5.74) is 1.85. The van der Waals surface area contributed by atoms with Crippen molar-refractivity contribution in [3.63, 3.8) is 0 Å². The number of nitrogens with zero attached hydrogens (tertiary/aromatic N) is 1. The zero-order chi connectivity index (χ0) is 19.7. The summed E-state index contributed by atoms with van der Waals surface area (Å²) in [7, 11) is 4.74. The van der Waals surface area contributed by atoms with Crippen molar-refractivity contribution < 1.29 is 28.5 Å². The van der Waals surface area contributed by atoms with Crippen molar-refractivity contribution in [2.24, 2.45) is 0 Å². The van der Waals surface area contributed by atoms with Gasteiger partial charge in [0.05, 0.1) is 27.1 Å². The predicted molar refractivity (Wildman–Crippen MR) is 104 cm³/mol. The molecule has 0 aromatic heterocycles. The molecule has 2 aliphatic heterocycles. The van der Waals surface area contributed by atoms with Gasteiger partial charge < -0.3 is 28.6 Å². The lowest BCUT2D eigenvalue weighted by molar-refractivity contribution is -0.128. The van der Waals surface area contributed by atoms with Crippen LogP contribution in [-0.2, 0) is 11.3 Å². The molecule has 0 bridgehead atoms. The first-order chi connectivity index (χ1) is 13.7. The van der Waals surface area contributed by atoms with Crippen molar-refractivity contribution in [1.29, 1.82) is 0 Å². The fourth-order valence-corrected chi connectivity index (χ4v) is 4.64. The number of amides is 1. The quantitative estimate of drug-likeness (QED) is 0.734. The van der Waals surface area contributed by atoms with Crippen LogP contribution in [-0.4, -0.2) is 44.7 Å². The van der Waals surface area contributed by atoms with E-state index in [-0.39, 0.29) is 18.1 Å². The number of thioether (sulfide) groups is 1. The summed E-state index contributed by atoms with van der Waals surface area (Å²) in [6, 6.07) is 9.49. The van der Waals surface area contributed by atoms with Gasteiger partial charge in [-0.1, -0.05) is 6.07 Å². The molecule has 1 fully saturated rings. The second-order valence-corrected chi connectivity index (χ2v) is 7.36. The topological polar surface area (TPSA) is 66.5 Å². The summed E-state index contributed by atoms with van der Waals surface area (Å²) < 4.78 is 27.3. The van der Waals surface area contributed by atoms with Gasteiger partial charge in [0.1, 0.15) is 5.37 Å². The summed E-state index contributed by atoms with van der Waals surface area (Å²) in [5.74, 6) is 3.59. The molecule has 0 aliphatic carbocycles. The third kappa shape index (κ3) is 3.17. The molecule has 1 unspecified atom stereocenters. The van der Waals surface area contributed by atoms with Crippen LogP contribution in [0.2, 0.25) is 0 Å². The second kappa shape index (κ2) is 7.71. The summed E-state index contributed by atoms with van der Waals surface area (Å²) in [6.45, 7) is 0.688. The van der Waals surface area contributed by atoms with Crippen molar-refractivity contribution in [2.75, 3.05) is 33.9 Å². The molecule has 2 aromatic rings. The molecule has 0 N–H and O–H groups in total. The number of fused-ring (bicyclic) bond motifs is 1. The Morgan fingerprint density at radius 2 is 1.82 bits per heavy atom. The van der Waals surface area contributed by atoms with Gasteiger partial charge in [0.2, 0.25) is 18.4 Å². The van der Waals surface area contributed by atoms with Crippen LogP contribution in [0, 0.1) is 0 Å². The Morgan fingerprint density at radius 1 is 1.04 bits per heavy atom. The molecule has 0 radical (unpaired) electrons. The van der Waals surface area contributed by atoms with E-state index in [0.29, 0.717) is 35.3 Å². The van der Waals surface area contributed by atoms with Crippen LogP contribution in [0.5, 0.6) is 28.7 Å². The molecule has 0 saturated carbocycles. The fourth-order valence-electron chi connectivity index (χ4n) is 3.44. The normalized spacial score (nSPS) is 17.8. The van der Waals surface area contributed by atoms with Crippen LogP contribution < -0.4 is 23.7 Å². The Morgan fingerprint density at radius 3 is 2.57 bits per heavy atom. The highest BCUT2D eigenvalue weighted by Crippen LogP contribution is 2.49. The monoisotopic (exact) mass is 403 g/mol. The van der Waals surface area contributed by atoms with Crippen molar-refractivity contribution in [3.8, 4) is 28.7 Å². The van der Waals surface area contributed by atoms with Gasteiger partial charge in [-0.3, -0.25) is 4.79 Å². The highest BCUT2D eigenvalue weighted by molar-refractivity contribution is 8.00. The van der Waals surface area contributed by atoms with E-state index in [1.807, 2.05) is 35.2 Å². The molecular formula is C20H21NO6S. The number of hydrogen-bond donors (Lipinski definition) is 0. The molecule has 1 saturated heterocycles. The molecule has 1 atom stereocenters. The van der Waals surface area contributed by atoms with Gasteiger partial charge in [-0.25, -0.2) is 0 Å². The standard InChI is InChI=1S/C20H21NO6S/c1-23-15-7-5-13(18(24-2)19(15)25-3)20-21(17(22)10-28-20)9-12-4-6-14-16(8-12)27-11-26-14/h4-8,20H,9-11H2,1-3H3. The third-order valence-electron chi connectivity index (χ3n) is 4.76. The SMILES string of the molecule is COc1ccc(C2SCC(=O)N2Cc2ccc3c(c2)OCO3)c(OC)c1OC. The molecule has 7 nitrogen and oxygen atoms in total. The fraction of sp³-hybridized carbons (Fsp3) is 0.350. The van der Waals surface area contributed by atoms with E-state index in [1.54, 1.807) is 33.1 Å². The van der Waals surface area contributed by atoms with E-state index in [9.17, 15) is 4.79 Å². The first-order valence-electron chi connectivity index (χ1n) is 8.74. The molecule has 0 spiro atoms. The highest BCUT2D eigenvalue weighted by Gasteiger charge is 2.36. The molecule has 2 aromatic carbocycles. The van der Waals surface area contributed by atoms with Gasteiger partial charge in [0.15, 0.2) is 23.0 Å². The number of ether oxygens (including phenoxy) is 5. The number of hydrogen-bond acceptors (Lipinski definition) is 7. The Balaban J connectivity index is 1.66. The van der Waals surface area contributed by atoms with Crippen molar-refractivity contribution in [2.45, 2.75) is 11.9 Å². The van der Waals surface area contributed by atoms with Crippen LogP contribution in [0.3, 0.4) is 0 Å². The molecule has 2 heterocycles. The average Bonchev–Trinajstić information content (AvgIpc) is 3.33. The third-order valence-corrected chi connectivity index (χ3v) is 6.00. The van der Waals surface area contributed by atoms with Crippen LogP contribution >= 0.6 is 11.8 Å². The smallest absolute Gasteiger partial charge is 0.234 e. The Bertz CT molecular complexity index is 903. The largest absolute Gasteiger partial charge is 0.493 e. The molecule has 2 aliphatic rings. The van der Waals surface area contributed by atoms with Gasteiger partial charge in [0, 0.05) is 12.1 Å². The maximum absolute atomic E-state index is 12.6. The van der Waals surface area contributed by atoms with Gasteiger partial charge in [0.25, 0.3) is 0 Å². The maximum atomic E-state index is 12.6. The molecule has 4 rings (SSSR count). The minimum absolute atomic E-state index is 0.0736. The van der Waals surface area contributed by atoms with E-state index in [0.717, 1.165) is 16.9 Å². The van der Waals surface area contributed by atoms with Crippen LogP contribution in [0.1, 0.15) is 16.5 Å². The Hall–Kier alpha value is -2.74. The van der Waals surface area contributed by atoms with Crippen LogP contribution in [0.4, 0.5) is 0 Å². The molecule has 28 heavy (non-hydrogen) atoms. The van der Waals surface area contributed by atoms with E-state index in [1.165, 1.54) is 0 Å². The van der Waals surface area contributed by atoms with Crippen molar-refractivity contribution in [1.82, 2.24) is 4.90 Å². The number of methoxy groups -OCH3 is 3. The van der Waals surface area contributed by atoms with Crippen LogP contribution in [0.25, 0.3) is 0 Å². The average molecular weight is 403 g/mol. The predicted octanol–water partition coefficient (Wildman–Crippen LogP) is 3.22. The molecular weight excluding hydrogens is 382 g/mol. The zero-order valence-electron chi connectivity index (χ0n) is 15.9. The number of carbonyl (C=O) groups excluding carboxylic acids is 1. The zero-order valence-corrected chi connectivity index (χ0v) is 16.7. The minimum Gasteiger partial charge on any atom is -0.493 e. The first kappa shape index (κ1) is 18.6. The van der Waals surface area contributed by atoms with Crippen LogP contribution in [0.15, 0.2) is 30.3 Å². The molecule has 148 valence electrons. The summed E-state index contributed by atoms with van der Waals surface area (Å²) in [5, 5.41) is -0.187. The second-order valence-electron chi connectivity index (χ2n) is 6.30. The highest BCUT2D eigenvalue weighted by atomic mass is 32.2. The lowest BCUT2D eigenvalue weighted by Gasteiger charge is -2.26. The number of rotatable bonds is 6. The Labute approximate surface area is 167 Å². The Kier molecular flexibility index (Phi) is 5.13. The number of carbonyl (C=O) groups is 1. The van der Waals surface area contributed by atoms with Gasteiger partial charge in [-0.05, 0) is 29.8 Å².